The van der Waals surface area contributed by atoms with Crippen LogP contribution in [0.5, 0.6) is 0 Å². The summed E-state index contributed by atoms with van der Waals surface area (Å²) in [5.41, 5.74) is 1.36. The maximum atomic E-state index is 4.54. The van der Waals surface area contributed by atoms with Crippen LogP contribution in [0.2, 0.25) is 0 Å². The van der Waals surface area contributed by atoms with Gasteiger partial charge in [-0.1, -0.05) is 6.92 Å². The fourth-order valence-electron chi connectivity index (χ4n) is 1.88. The summed E-state index contributed by atoms with van der Waals surface area (Å²) in [6.07, 6.45) is 2.41. The molecule has 1 aromatic rings. The second-order valence-electron chi connectivity index (χ2n) is 3.63. The van der Waals surface area contributed by atoms with Crippen molar-refractivity contribution in [2.45, 2.75) is 33.2 Å². The zero-order valence-electron chi connectivity index (χ0n) is 8.34. The smallest absolute Gasteiger partial charge is 0.0900 e. The summed E-state index contributed by atoms with van der Waals surface area (Å²) in [4.78, 5) is 8.56. The van der Waals surface area contributed by atoms with Crippen LogP contribution >= 0.6 is 11.3 Å². The average Bonchev–Trinajstić information content (AvgIpc) is 2.44. The van der Waals surface area contributed by atoms with E-state index in [4.69, 9.17) is 0 Å². The highest BCUT2D eigenvalue weighted by molar-refractivity contribution is 7.11. The van der Waals surface area contributed by atoms with Crippen molar-refractivity contribution in [1.29, 1.82) is 0 Å². The Bertz CT molecular complexity index is 293. The van der Waals surface area contributed by atoms with Gasteiger partial charge in [0.2, 0.25) is 0 Å². The highest BCUT2D eigenvalue weighted by atomic mass is 32.1. The molecule has 0 amide bonds. The molecule has 0 aliphatic carbocycles. The molecule has 1 aromatic heterocycles. The molecule has 0 radical (unpaired) electrons. The first kappa shape index (κ1) is 9.16. The Morgan fingerprint density at radius 1 is 1.54 bits per heavy atom. The van der Waals surface area contributed by atoms with Gasteiger partial charge in [0.05, 0.1) is 10.7 Å². The van der Waals surface area contributed by atoms with E-state index in [1.807, 2.05) is 11.3 Å². The molecule has 1 aliphatic heterocycles. The molecular formula is C10H16N2S. The quantitative estimate of drug-likeness (QED) is 0.721. The second kappa shape index (κ2) is 3.76. The topological polar surface area (TPSA) is 16.1 Å². The number of rotatable bonds is 2. The summed E-state index contributed by atoms with van der Waals surface area (Å²) in [5.74, 6) is 0. The van der Waals surface area contributed by atoms with Gasteiger partial charge in [-0.25, -0.2) is 4.98 Å². The first-order valence-corrected chi connectivity index (χ1v) is 5.78. The summed E-state index contributed by atoms with van der Waals surface area (Å²) in [6, 6.07) is 0. The lowest BCUT2D eigenvalue weighted by Gasteiger charge is -2.25. The van der Waals surface area contributed by atoms with Gasteiger partial charge in [-0.15, -0.1) is 11.3 Å². The molecule has 2 heterocycles. The van der Waals surface area contributed by atoms with Crippen LogP contribution in [-0.4, -0.2) is 23.0 Å². The molecule has 0 fully saturated rings. The Morgan fingerprint density at radius 3 is 3.15 bits per heavy atom. The predicted molar refractivity (Wildman–Crippen MR) is 56.1 cm³/mol. The van der Waals surface area contributed by atoms with Crippen molar-refractivity contribution < 1.29 is 0 Å². The van der Waals surface area contributed by atoms with E-state index in [2.05, 4.69) is 23.7 Å². The average molecular weight is 196 g/mol. The molecule has 0 bridgehead atoms. The van der Waals surface area contributed by atoms with Crippen LogP contribution in [0.15, 0.2) is 0 Å². The number of fused-ring (bicyclic) bond motifs is 1. The van der Waals surface area contributed by atoms with Gasteiger partial charge in [0.25, 0.3) is 0 Å². The maximum absolute atomic E-state index is 4.54. The minimum Gasteiger partial charge on any atom is -0.298 e. The van der Waals surface area contributed by atoms with Crippen LogP contribution in [0.3, 0.4) is 0 Å². The van der Waals surface area contributed by atoms with E-state index in [1.165, 1.54) is 35.1 Å². The second-order valence-corrected chi connectivity index (χ2v) is 4.92. The van der Waals surface area contributed by atoms with Crippen LogP contribution in [-0.2, 0) is 13.0 Å². The zero-order valence-corrected chi connectivity index (χ0v) is 9.15. The van der Waals surface area contributed by atoms with Gasteiger partial charge in [-0.05, 0) is 19.9 Å². The minimum absolute atomic E-state index is 1.13. The fraction of sp³-hybridized carbons (Fsp3) is 0.700. The standard InChI is InChI=1S/C10H16N2S/c1-3-5-12-6-4-9-10(7-12)13-8(2)11-9/h3-7H2,1-2H3. The molecule has 3 heteroatoms. The van der Waals surface area contributed by atoms with Gasteiger partial charge in [0.1, 0.15) is 0 Å². The Balaban J connectivity index is 2.10. The molecule has 72 valence electrons. The molecule has 1 aliphatic rings. The lowest BCUT2D eigenvalue weighted by molar-refractivity contribution is 0.256. The number of hydrogen-bond acceptors (Lipinski definition) is 3. The molecule has 0 saturated carbocycles. The number of aromatic nitrogens is 1. The van der Waals surface area contributed by atoms with Gasteiger partial charge in [-0.2, -0.15) is 0 Å². The normalized spacial score (nSPS) is 17.4. The molecule has 0 aromatic carbocycles. The minimum atomic E-state index is 1.13. The Morgan fingerprint density at radius 2 is 2.38 bits per heavy atom. The van der Waals surface area contributed by atoms with Crippen LogP contribution in [0.4, 0.5) is 0 Å². The monoisotopic (exact) mass is 196 g/mol. The van der Waals surface area contributed by atoms with Crippen molar-refractivity contribution in [2.75, 3.05) is 13.1 Å². The molecule has 0 unspecified atom stereocenters. The van der Waals surface area contributed by atoms with E-state index >= 15 is 0 Å². The van der Waals surface area contributed by atoms with Crippen molar-refractivity contribution >= 4 is 11.3 Å². The van der Waals surface area contributed by atoms with E-state index in [0.29, 0.717) is 0 Å². The lowest BCUT2D eigenvalue weighted by Crippen LogP contribution is -2.30. The largest absolute Gasteiger partial charge is 0.298 e. The Labute approximate surface area is 83.6 Å². The molecular weight excluding hydrogens is 180 g/mol. The van der Waals surface area contributed by atoms with Crippen molar-refractivity contribution in [3.05, 3.63) is 15.6 Å². The van der Waals surface area contributed by atoms with Crippen molar-refractivity contribution in [3.63, 3.8) is 0 Å². The number of aryl methyl sites for hydroxylation is 1. The summed E-state index contributed by atoms with van der Waals surface area (Å²) in [5, 5.41) is 1.23. The molecule has 2 nitrogen and oxygen atoms in total. The van der Waals surface area contributed by atoms with Crippen LogP contribution < -0.4 is 0 Å². The molecule has 2 rings (SSSR count). The molecule has 0 spiro atoms. The summed E-state index contributed by atoms with van der Waals surface area (Å²) in [7, 11) is 0. The number of nitrogens with zero attached hydrogens (tertiary/aromatic N) is 2. The molecule has 13 heavy (non-hydrogen) atoms. The van der Waals surface area contributed by atoms with Crippen LogP contribution in [0, 0.1) is 6.92 Å². The van der Waals surface area contributed by atoms with Crippen molar-refractivity contribution in [3.8, 4) is 0 Å². The first-order valence-electron chi connectivity index (χ1n) is 4.97. The molecule has 0 N–H and O–H groups in total. The first-order chi connectivity index (χ1) is 6.29. The third kappa shape index (κ3) is 1.92. The highest BCUT2D eigenvalue weighted by Gasteiger charge is 2.18. The Kier molecular flexibility index (Phi) is 2.65. The Hall–Kier alpha value is -0.410. The van der Waals surface area contributed by atoms with E-state index in [0.717, 1.165) is 13.0 Å². The molecule has 0 atom stereocenters. The van der Waals surface area contributed by atoms with Gasteiger partial charge < -0.3 is 0 Å². The summed E-state index contributed by atoms with van der Waals surface area (Å²) < 4.78 is 0. The van der Waals surface area contributed by atoms with Crippen molar-refractivity contribution in [1.82, 2.24) is 9.88 Å². The summed E-state index contributed by atoms with van der Waals surface area (Å²) in [6.45, 7) is 7.91. The zero-order chi connectivity index (χ0) is 9.26. The molecule has 0 saturated heterocycles. The van der Waals surface area contributed by atoms with Gasteiger partial charge in [-0.3, -0.25) is 4.90 Å². The SMILES string of the molecule is CCCN1CCc2nc(C)sc2C1. The number of thiazole rings is 1. The van der Waals surface area contributed by atoms with E-state index in [1.54, 1.807) is 0 Å². The van der Waals surface area contributed by atoms with Crippen LogP contribution in [0.25, 0.3) is 0 Å². The fourth-order valence-corrected chi connectivity index (χ4v) is 2.91. The number of hydrogen-bond donors (Lipinski definition) is 0. The van der Waals surface area contributed by atoms with Crippen molar-refractivity contribution in [2.24, 2.45) is 0 Å². The van der Waals surface area contributed by atoms with Gasteiger partial charge in [0, 0.05) is 24.4 Å². The third-order valence-electron chi connectivity index (χ3n) is 2.46. The maximum Gasteiger partial charge on any atom is 0.0900 e. The third-order valence-corrected chi connectivity index (χ3v) is 3.45. The summed E-state index contributed by atoms with van der Waals surface area (Å²) >= 11 is 1.87. The van der Waals surface area contributed by atoms with Gasteiger partial charge >= 0.3 is 0 Å². The predicted octanol–water partition coefficient (Wildman–Crippen LogP) is 2.22. The lowest BCUT2D eigenvalue weighted by atomic mass is 10.2. The van der Waals surface area contributed by atoms with Crippen LogP contribution in [0.1, 0.15) is 28.9 Å². The highest BCUT2D eigenvalue weighted by Crippen LogP contribution is 2.24. The van der Waals surface area contributed by atoms with Gasteiger partial charge in [0.15, 0.2) is 0 Å². The van der Waals surface area contributed by atoms with E-state index in [-0.39, 0.29) is 0 Å². The van der Waals surface area contributed by atoms with E-state index in [9.17, 15) is 0 Å². The van der Waals surface area contributed by atoms with E-state index < -0.39 is 0 Å².